The molecule has 0 amide bonds. The lowest BCUT2D eigenvalue weighted by Gasteiger charge is -2.07. The summed E-state index contributed by atoms with van der Waals surface area (Å²) in [5.41, 5.74) is 2.65. The molecule has 0 spiro atoms. The number of benzene rings is 2. The van der Waals surface area contributed by atoms with Crippen molar-refractivity contribution >= 4 is 5.97 Å². The smallest absolute Gasteiger partial charge is 0.315 e. The van der Waals surface area contributed by atoms with Crippen molar-refractivity contribution in [3.05, 3.63) is 77.2 Å². The molecule has 25 heavy (non-hydrogen) atoms. The van der Waals surface area contributed by atoms with Crippen LogP contribution in [0.5, 0.6) is 11.5 Å². The Balaban J connectivity index is 1.54. The summed E-state index contributed by atoms with van der Waals surface area (Å²) in [5.74, 6) is 1.74. The van der Waals surface area contributed by atoms with E-state index < -0.39 is 0 Å². The highest BCUT2D eigenvalue weighted by Gasteiger charge is 2.10. The van der Waals surface area contributed by atoms with E-state index in [1.807, 2.05) is 56.3 Å². The number of esters is 1. The van der Waals surface area contributed by atoms with Gasteiger partial charge in [0.1, 0.15) is 23.9 Å². The number of carbonyl (C=O) groups is 1. The fourth-order valence-corrected chi connectivity index (χ4v) is 2.39. The van der Waals surface area contributed by atoms with Crippen LogP contribution in [0.1, 0.15) is 22.6 Å². The lowest BCUT2D eigenvalue weighted by Crippen LogP contribution is -2.11. The highest BCUT2D eigenvalue weighted by molar-refractivity contribution is 5.75. The molecule has 1 heterocycles. The van der Waals surface area contributed by atoms with Gasteiger partial charge in [0, 0.05) is 0 Å². The van der Waals surface area contributed by atoms with Crippen molar-refractivity contribution in [2.45, 2.75) is 26.9 Å². The molecular weight excluding hydrogens is 318 g/mol. The summed E-state index contributed by atoms with van der Waals surface area (Å²) in [7, 11) is 0. The first-order valence-electron chi connectivity index (χ1n) is 8.01. The number of rotatable bonds is 6. The van der Waals surface area contributed by atoms with Gasteiger partial charge in [0.25, 0.3) is 0 Å². The Bertz CT molecular complexity index is 818. The van der Waals surface area contributed by atoms with Crippen molar-refractivity contribution in [1.82, 2.24) is 5.16 Å². The van der Waals surface area contributed by atoms with Crippen LogP contribution in [0.3, 0.4) is 0 Å². The Morgan fingerprint density at radius 3 is 2.36 bits per heavy atom. The van der Waals surface area contributed by atoms with E-state index in [0.29, 0.717) is 12.4 Å². The number of aryl methyl sites for hydroxylation is 2. The molecule has 0 bridgehead atoms. The van der Waals surface area contributed by atoms with E-state index in [9.17, 15) is 4.79 Å². The molecule has 0 aliphatic heterocycles. The largest absolute Gasteiger partial charge is 0.489 e. The Morgan fingerprint density at radius 2 is 1.72 bits per heavy atom. The molecule has 0 fully saturated rings. The first kappa shape index (κ1) is 16.8. The van der Waals surface area contributed by atoms with Crippen LogP contribution in [0.4, 0.5) is 0 Å². The molecule has 1 aromatic heterocycles. The number of aromatic nitrogens is 1. The lowest BCUT2D eigenvalue weighted by molar-refractivity contribution is -0.133. The summed E-state index contributed by atoms with van der Waals surface area (Å²) in [6.45, 7) is 4.15. The van der Waals surface area contributed by atoms with Crippen LogP contribution in [-0.2, 0) is 17.8 Å². The normalized spacial score (nSPS) is 10.5. The SMILES string of the molecule is Cc1noc(C)c1COc1ccc(CC(=O)Oc2ccccc2)cc1. The summed E-state index contributed by atoms with van der Waals surface area (Å²) in [6, 6.07) is 16.4. The minimum Gasteiger partial charge on any atom is -0.489 e. The average molecular weight is 337 g/mol. The van der Waals surface area contributed by atoms with Gasteiger partial charge in [0.2, 0.25) is 0 Å². The van der Waals surface area contributed by atoms with E-state index in [4.69, 9.17) is 14.0 Å². The molecule has 0 unspecified atom stereocenters. The van der Waals surface area contributed by atoms with Gasteiger partial charge in [0.05, 0.1) is 17.7 Å². The van der Waals surface area contributed by atoms with Gasteiger partial charge in [0.15, 0.2) is 0 Å². The highest BCUT2D eigenvalue weighted by atomic mass is 16.5. The number of para-hydroxylation sites is 1. The number of carbonyl (C=O) groups excluding carboxylic acids is 1. The van der Waals surface area contributed by atoms with Crippen LogP contribution < -0.4 is 9.47 Å². The summed E-state index contributed by atoms with van der Waals surface area (Å²) < 4.78 is 16.1. The number of hydrogen-bond donors (Lipinski definition) is 0. The van der Waals surface area contributed by atoms with Crippen molar-refractivity contribution in [2.75, 3.05) is 0 Å². The number of nitrogens with zero attached hydrogens (tertiary/aromatic N) is 1. The summed E-state index contributed by atoms with van der Waals surface area (Å²) in [6.07, 6.45) is 0.207. The molecule has 3 aromatic rings. The highest BCUT2D eigenvalue weighted by Crippen LogP contribution is 2.18. The maximum Gasteiger partial charge on any atom is 0.315 e. The van der Waals surface area contributed by atoms with Gasteiger partial charge in [-0.05, 0) is 43.7 Å². The molecule has 5 nitrogen and oxygen atoms in total. The predicted octanol–water partition coefficient (Wildman–Crippen LogP) is 4.02. The fraction of sp³-hybridized carbons (Fsp3) is 0.200. The van der Waals surface area contributed by atoms with E-state index in [1.165, 1.54) is 0 Å². The maximum atomic E-state index is 12.0. The van der Waals surface area contributed by atoms with Gasteiger partial charge in [-0.1, -0.05) is 35.5 Å². The maximum absolute atomic E-state index is 12.0. The molecule has 0 aliphatic rings. The molecule has 5 heteroatoms. The van der Waals surface area contributed by atoms with Crippen LogP contribution in [-0.4, -0.2) is 11.1 Å². The molecular formula is C20H19NO4. The second-order valence-corrected chi connectivity index (χ2v) is 5.70. The first-order valence-corrected chi connectivity index (χ1v) is 8.01. The van der Waals surface area contributed by atoms with Crippen molar-refractivity contribution in [3.8, 4) is 11.5 Å². The third kappa shape index (κ3) is 4.47. The van der Waals surface area contributed by atoms with E-state index in [-0.39, 0.29) is 12.4 Å². The topological polar surface area (TPSA) is 61.6 Å². The van der Waals surface area contributed by atoms with E-state index in [0.717, 1.165) is 28.3 Å². The van der Waals surface area contributed by atoms with Gasteiger partial charge in [-0.2, -0.15) is 0 Å². The summed E-state index contributed by atoms with van der Waals surface area (Å²) in [5, 5.41) is 3.90. The zero-order valence-corrected chi connectivity index (χ0v) is 14.2. The quantitative estimate of drug-likeness (QED) is 0.502. The molecule has 0 aliphatic carbocycles. The Labute approximate surface area is 146 Å². The van der Waals surface area contributed by atoms with E-state index in [2.05, 4.69) is 5.16 Å². The van der Waals surface area contributed by atoms with Gasteiger partial charge >= 0.3 is 5.97 Å². The molecule has 0 atom stereocenters. The van der Waals surface area contributed by atoms with Crippen LogP contribution in [0.15, 0.2) is 59.1 Å². The van der Waals surface area contributed by atoms with Crippen molar-refractivity contribution in [2.24, 2.45) is 0 Å². The molecule has 2 aromatic carbocycles. The van der Waals surface area contributed by atoms with Gasteiger partial charge in [-0.25, -0.2) is 0 Å². The van der Waals surface area contributed by atoms with E-state index >= 15 is 0 Å². The van der Waals surface area contributed by atoms with Gasteiger partial charge in [-0.15, -0.1) is 0 Å². The minimum atomic E-state index is -0.296. The van der Waals surface area contributed by atoms with Crippen LogP contribution >= 0.6 is 0 Å². The second kappa shape index (κ2) is 7.66. The summed E-state index contributed by atoms with van der Waals surface area (Å²) >= 11 is 0. The molecule has 0 radical (unpaired) electrons. The van der Waals surface area contributed by atoms with Crippen LogP contribution in [0.2, 0.25) is 0 Å². The van der Waals surface area contributed by atoms with E-state index in [1.54, 1.807) is 12.1 Å². The van der Waals surface area contributed by atoms with Crippen molar-refractivity contribution in [1.29, 1.82) is 0 Å². The number of ether oxygens (including phenoxy) is 2. The van der Waals surface area contributed by atoms with Crippen LogP contribution in [0.25, 0.3) is 0 Å². The zero-order chi connectivity index (χ0) is 17.6. The second-order valence-electron chi connectivity index (χ2n) is 5.70. The third-order valence-corrected chi connectivity index (χ3v) is 3.81. The standard InChI is InChI=1S/C20H19NO4/c1-14-19(15(2)25-21-14)13-23-17-10-8-16(9-11-17)12-20(22)24-18-6-4-3-5-7-18/h3-11H,12-13H2,1-2H3. The molecule has 3 rings (SSSR count). The summed E-state index contributed by atoms with van der Waals surface area (Å²) in [4.78, 5) is 12.0. The lowest BCUT2D eigenvalue weighted by atomic mass is 10.1. The zero-order valence-electron chi connectivity index (χ0n) is 14.2. The minimum absolute atomic E-state index is 0.207. The van der Waals surface area contributed by atoms with Gasteiger partial charge < -0.3 is 14.0 Å². The molecule has 128 valence electrons. The molecule has 0 saturated heterocycles. The average Bonchev–Trinajstić information content (AvgIpc) is 2.93. The Kier molecular flexibility index (Phi) is 5.14. The Hall–Kier alpha value is -3.08. The van der Waals surface area contributed by atoms with Crippen molar-refractivity contribution < 1.29 is 18.8 Å². The van der Waals surface area contributed by atoms with Crippen LogP contribution in [0, 0.1) is 13.8 Å². The van der Waals surface area contributed by atoms with Crippen molar-refractivity contribution in [3.63, 3.8) is 0 Å². The first-order chi connectivity index (χ1) is 12.1. The number of hydrogen-bond acceptors (Lipinski definition) is 5. The monoisotopic (exact) mass is 337 g/mol. The molecule has 0 saturated carbocycles. The molecule has 0 N–H and O–H groups in total. The third-order valence-electron chi connectivity index (χ3n) is 3.81. The predicted molar refractivity (Wildman–Crippen MR) is 92.5 cm³/mol. The van der Waals surface area contributed by atoms with Gasteiger partial charge in [-0.3, -0.25) is 4.79 Å². The fourth-order valence-electron chi connectivity index (χ4n) is 2.39. The Morgan fingerprint density at radius 1 is 1.00 bits per heavy atom.